The summed E-state index contributed by atoms with van der Waals surface area (Å²) in [5, 5.41) is 6.82. The third kappa shape index (κ3) is 5.10. The van der Waals surface area contributed by atoms with Crippen LogP contribution in [0.5, 0.6) is 0 Å². The van der Waals surface area contributed by atoms with E-state index in [1.54, 1.807) is 39.8 Å². The lowest BCUT2D eigenvalue weighted by atomic mass is 9.89. The molecular formula is C27H33FN4O4. The smallest absolute Gasteiger partial charge is 0.290 e. The van der Waals surface area contributed by atoms with Gasteiger partial charge in [-0.05, 0) is 55.9 Å². The normalized spacial score (nSPS) is 18.1. The summed E-state index contributed by atoms with van der Waals surface area (Å²) in [5.41, 5.74) is 2.23. The van der Waals surface area contributed by atoms with Crippen molar-refractivity contribution in [1.82, 2.24) is 20.0 Å². The number of aromatic amines is 1. The number of carbonyl (C=O) groups is 3. The quantitative estimate of drug-likeness (QED) is 0.656. The van der Waals surface area contributed by atoms with Gasteiger partial charge in [-0.1, -0.05) is 26.8 Å². The third-order valence-corrected chi connectivity index (χ3v) is 7.07. The van der Waals surface area contributed by atoms with Crippen LogP contribution in [0.3, 0.4) is 0 Å². The summed E-state index contributed by atoms with van der Waals surface area (Å²) < 4.78 is 14.8. The number of rotatable bonds is 4. The molecule has 1 aliphatic carbocycles. The molecule has 1 aliphatic heterocycles. The Morgan fingerprint density at radius 1 is 1.11 bits per heavy atom. The number of fused-ring (bicyclic) bond motifs is 1. The molecule has 0 spiro atoms. The standard InChI is InChI=1S/C27H33FN4O4/c1-16-15-31(11-12-32(16)26(36)23(33)27(2,3)4)25(35)20-13-17(9-10-21(20)28)14-22-18-7-5-6-8-19(18)24(34)30-29-22/h9-10,13,16H,5-8,11-12,14-15H2,1-4H3,(H,30,34). The molecule has 2 heterocycles. The highest BCUT2D eigenvalue weighted by atomic mass is 19.1. The van der Waals surface area contributed by atoms with Crippen molar-refractivity contribution in [3.8, 4) is 0 Å². The Morgan fingerprint density at radius 2 is 1.81 bits per heavy atom. The first-order valence-corrected chi connectivity index (χ1v) is 12.5. The van der Waals surface area contributed by atoms with Crippen molar-refractivity contribution in [3.63, 3.8) is 0 Å². The molecule has 2 aliphatic rings. The van der Waals surface area contributed by atoms with E-state index in [0.717, 1.165) is 48.1 Å². The minimum atomic E-state index is -0.785. The average Bonchev–Trinajstić information content (AvgIpc) is 2.85. The fourth-order valence-electron chi connectivity index (χ4n) is 4.98. The number of Topliss-reactive ketones (excluding diaryl/α,β-unsaturated/α-hetero) is 1. The zero-order valence-corrected chi connectivity index (χ0v) is 21.3. The van der Waals surface area contributed by atoms with E-state index in [-0.39, 0.29) is 36.8 Å². The molecule has 8 nitrogen and oxygen atoms in total. The van der Waals surface area contributed by atoms with Crippen molar-refractivity contribution in [1.29, 1.82) is 0 Å². The summed E-state index contributed by atoms with van der Waals surface area (Å²) in [6, 6.07) is 4.09. The van der Waals surface area contributed by atoms with Crippen molar-refractivity contribution < 1.29 is 18.8 Å². The Hall–Kier alpha value is -3.36. The van der Waals surface area contributed by atoms with E-state index in [4.69, 9.17) is 0 Å². The second-order valence-electron chi connectivity index (χ2n) is 10.8. The van der Waals surface area contributed by atoms with Crippen LogP contribution in [0.25, 0.3) is 0 Å². The minimum Gasteiger partial charge on any atom is -0.335 e. The number of amides is 2. The molecule has 1 aromatic heterocycles. The van der Waals surface area contributed by atoms with Gasteiger partial charge in [0.15, 0.2) is 0 Å². The van der Waals surface area contributed by atoms with Crippen LogP contribution in [0.1, 0.15) is 73.3 Å². The molecule has 2 amide bonds. The summed E-state index contributed by atoms with van der Waals surface area (Å²) in [6.07, 6.45) is 3.85. The van der Waals surface area contributed by atoms with E-state index < -0.39 is 28.8 Å². The molecule has 4 rings (SSSR count). The van der Waals surface area contributed by atoms with Crippen molar-refractivity contribution in [2.75, 3.05) is 19.6 Å². The van der Waals surface area contributed by atoms with Crippen LogP contribution in [-0.4, -0.2) is 63.3 Å². The van der Waals surface area contributed by atoms with Gasteiger partial charge in [-0.15, -0.1) is 0 Å². The zero-order chi connectivity index (χ0) is 26.2. The molecule has 0 radical (unpaired) electrons. The van der Waals surface area contributed by atoms with Gasteiger partial charge in [-0.2, -0.15) is 5.10 Å². The number of benzene rings is 1. The van der Waals surface area contributed by atoms with Crippen molar-refractivity contribution in [2.45, 2.75) is 65.8 Å². The number of carbonyl (C=O) groups excluding carboxylic acids is 3. The first kappa shape index (κ1) is 25.7. The second-order valence-corrected chi connectivity index (χ2v) is 10.8. The van der Waals surface area contributed by atoms with Crippen LogP contribution >= 0.6 is 0 Å². The number of nitrogens with one attached hydrogen (secondary N) is 1. The maximum atomic E-state index is 14.8. The molecule has 1 aromatic carbocycles. The fraction of sp³-hybridized carbons (Fsp3) is 0.519. The average molecular weight is 497 g/mol. The first-order chi connectivity index (χ1) is 17.0. The monoisotopic (exact) mass is 496 g/mol. The number of piperazine rings is 1. The molecule has 36 heavy (non-hydrogen) atoms. The van der Waals surface area contributed by atoms with E-state index in [2.05, 4.69) is 10.2 Å². The molecule has 9 heteroatoms. The van der Waals surface area contributed by atoms with Crippen LogP contribution in [0.15, 0.2) is 23.0 Å². The SMILES string of the molecule is CC1CN(C(=O)c2cc(Cc3n[nH]c(=O)c4c3CCCC4)ccc2F)CCN1C(=O)C(=O)C(C)(C)C. The lowest BCUT2D eigenvalue weighted by Crippen LogP contribution is -2.57. The number of nitrogens with zero attached hydrogens (tertiary/aromatic N) is 3. The van der Waals surface area contributed by atoms with Gasteiger partial charge < -0.3 is 9.80 Å². The second kappa shape index (κ2) is 9.95. The van der Waals surface area contributed by atoms with Gasteiger partial charge in [-0.25, -0.2) is 9.49 Å². The Kier molecular flexibility index (Phi) is 7.11. The number of H-pyrrole nitrogens is 1. The van der Waals surface area contributed by atoms with Gasteiger partial charge >= 0.3 is 0 Å². The summed E-state index contributed by atoms with van der Waals surface area (Å²) in [7, 11) is 0. The van der Waals surface area contributed by atoms with E-state index in [1.807, 2.05) is 0 Å². The minimum absolute atomic E-state index is 0.0384. The molecule has 2 aromatic rings. The topological polar surface area (TPSA) is 103 Å². The summed E-state index contributed by atoms with van der Waals surface area (Å²) in [6.45, 7) is 7.52. The number of ketones is 1. The van der Waals surface area contributed by atoms with Crippen molar-refractivity contribution in [3.05, 3.63) is 62.3 Å². The molecule has 0 saturated carbocycles. The molecular weight excluding hydrogens is 463 g/mol. The largest absolute Gasteiger partial charge is 0.335 e. The highest BCUT2D eigenvalue weighted by Crippen LogP contribution is 2.24. The molecule has 1 unspecified atom stereocenters. The highest BCUT2D eigenvalue weighted by Gasteiger charge is 2.37. The van der Waals surface area contributed by atoms with Gasteiger partial charge in [0.2, 0.25) is 5.78 Å². The maximum Gasteiger partial charge on any atom is 0.290 e. The number of halogens is 1. The lowest BCUT2D eigenvalue weighted by molar-refractivity contribution is -0.151. The fourth-order valence-corrected chi connectivity index (χ4v) is 4.98. The van der Waals surface area contributed by atoms with E-state index >= 15 is 0 Å². The van der Waals surface area contributed by atoms with Crippen LogP contribution in [0.2, 0.25) is 0 Å². The Bertz CT molecular complexity index is 1260. The van der Waals surface area contributed by atoms with Gasteiger partial charge in [0.05, 0.1) is 11.3 Å². The highest BCUT2D eigenvalue weighted by molar-refractivity contribution is 6.37. The van der Waals surface area contributed by atoms with Gasteiger partial charge in [-0.3, -0.25) is 19.2 Å². The van der Waals surface area contributed by atoms with E-state index in [0.29, 0.717) is 6.42 Å². The van der Waals surface area contributed by atoms with Crippen LogP contribution in [0, 0.1) is 11.2 Å². The summed E-state index contributed by atoms with van der Waals surface area (Å²) >= 11 is 0. The van der Waals surface area contributed by atoms with Crippen molar-refractivity contribution >= 4 is 17.6 Å². The molecule has 1 fully saturated rings. The zero-order valence-electron chi connectivity index (χ0n) is 21.3. The summed E-state index contributed by atoms with van der Waals surface area (Å²) in [4.78, 5) is 53.6. The molecule has 1 N–H and O–H groups in total. The molecule has 1 saturated heterocycles. The Balaban J connectivity index is 1.50. The van der Waals surface area contributed by atoms with Gasteiger partial charge in [0.1, 0.15) is 5.82 Å². The van der Waals surface area contributed by atoms with Crippen LogP contribution in [-0.2, 0) is 28.9 Å². The van der Waals surface area contributed by atoms with E-state index in [9.17, 15) is 23.6 Å². The van der Waals surface area contributed by atoms with Crippen molar-refractivity contribution in [2.24, 2.45) is 5.41 Å². The number of hydrogen-bond donors (Lipinski definition) is 1. The maximum absolute atomic E-state index is 14.8. The number of hydrogen-bond acceptors (Lipinski definition) is 5. The predicted molar refractivity (Wildman–Crippen MR) is 132 cm³/mol. The van der Waals surface area contributed by atoms with Crippen LogP contribution < -0.4 is 5.56 Å². The lowest BCUT2D eigenvalue weighted by Gasteiger charge is -2.40. The van der Waals surface area contributed by atoms with Gasteiger partial charge in [0, 0.05) is 43.1 Å². The predicted octanol–water partition coefficient (Wildman–Crippen LogP) is 2.67. The molecule has 1 atom stereocenters. The third-order valence-electron chi connectivity index (χ3n) is 7.07. The van der Waals surface area contributed by atoms with E-state index in [1.165, 1.54) is 15.9 Å². The Labute approximate surface area is 209 Å². The molecule has 0 bridgehead atoms. The summed E-state index contributed by atoms with van der Waals surface area (Å²) in [5.74, 6) is -2.08. The first-order valence-electron chi connectivity index (χ1n) is 12.5. The Morgan fingerprint density at radius 3 is 2.47 bits per heavy atom. The van der Waals surface area contributed by atoms with Gasteiger partial charge in [0.25, 0.3) is 17.4 Å². The van der Waals surface area contributed by atoms with Crippen LogP contribution in [0.4, 0.5) is 4.39 Å². The number of aromatic nitrogens is 2. The molecule has 192 valence electrons.